The summed E-state index contributed by atoms with van der Waals surface area (Å²) in [6.45, 7) is 4.09. The fraction of sp³-hybridized carbons (Fsp3) is 0.533. The third kappa shape index (κ3) is 3.80. The molecular formula is C15H20BrNO2. The monoisotopic (exact) mass is 325 g/mol. The highest BCUT2D eigenvalue weighted by Crippen LogP contribution is 2.32. The first-order chi connectivity index (χ1) is 9.10. The van der Waals surface area contributed by atoms with Gasteiger partial charge in [0.15, 0.2) is 0 Å². The van der Waals surface area contributed by atoms with Gasteiger partial charge in [0.2, 0.25) is 0 Å². The topological polar surface area (TPSA) is 40.5 Å². The Balaban J connectivity index is 2.05. The van der Waals surface area contributed by atoms with E-state index in [2.05, 4.69) is 46.0 Å². The highest BCUT2D eigenvalue weighted by atomic mass is 79.9. The Kier molecular flexibility index (Phi) is 4.99. The van der Waals surface area contributed by atoms with Gasteiger partial charge in [0.1, 0.15) is 0 Å². The standard InChI is InChI=1S/C15H20BrNO2/c1-2-14(12-4-3-5-13(16)9-12)17-7-6-11(10-17)8-15(18)19/h3-5,9,11,14H,2,6-8,10H2,1H3,(H,18,19). The quantitative estimate of drug-likeness (QED) is 0.897. The summed E-state index contributed by atoms with van der Waals surface area (Å²) < 4.78 is 1.10. The second-order valence-electron chi connectivity index (χ2n) is 5.23. The zero-order valence-corrected chi connectivity index (χ0v) is 12.8. The van der Waals surface area contributed by atoms with E-state index in [1.807, 2.05) is 6.07 Å². The maximum Gasteiger partial charge on any atom is 0.303 e. The van der Waals surface area contributed by atoms with Crippen molar-refractivity contribution in [2.45, 2.75) is 32.2 Å². The Bertz CT molecular complexity index is 450. The maximum absolute atomic E-state index is 10.8. The van der Waals surface area contributed by atoms with Crippen molar-refractivity contribution in [3.63, 3.8) is 0 Å². The minimum absolute atomic E-state index is 0.297. The average Bonchev–Trinajstić information content (AvgIpc) is 2.77. The first-order valence-electron chi connectivity index (χ1n) is 6.81. The van der Waals surface area contributed by atoms with Crippen molar-refractivity contribution in [3.8, 4) is 0 Å². The normalized spacial score (nSPS) is 21.5. The molecular weight excluding hydrogens is 306 g/mol. The second kappa shape index (κ2) is 6.53. The van der Waals surface area contributed by atoms with Crippen molar-refractivity contribution in [3.05, 3.63) is 34.3 Å². The number of carboxylic acid groups (broad SMARTS) is 1. The molecule has 4 heteroatoms. The van der Waals surface area contributed by atoms with Crippen molar-refractivity contribution in [2.24, 2.45) is 5.92 Å². The number of rotatable bonds is 5. The van der Waals surface area contributed by atoms with Crippen molar-refractivity contribution in [1.29, 1.82) is 0 Å². The Hall–Kier alpha value is -0.870. The van der Waals surface area contributed by atoms with Gasteiger partial charge in [0.25, 0.3) is 0 Å². The summed E-state index contributed by atoms with van der Waals surface area (Å²) in [6, 6.07) is 8.82. The smallest absolute Gasteiger partial charge is 0.303 e. The van der Waals surface area contributed by atoms with Crippen molar-refractivity contribution < 1.29 is 9.90 Å². The molecule has 1 aliphatic heterocycles. The lowest BCUT2D eigenvalue weighted by molar-refractivity contribution is -0.138. The van der Waals surface area contributed by atoms with Crippen LogP contribution < -0.4 is 0 Å². The van der Waals surface area contributed by atoms with E-state index in [1.165, 1.54) is 5.56 Å². The molecule has 0 aliphatic carbocycles. The molecule has 1 heterocycles. The first-order valence-corrected chi connectivity index (χ1v) is 7.60. The average molecular weight is 326 g/mol. The van der Waals surface area contributed by atoms with Gasteiger partial charge in [-0.1, -0.05) is 35.0 Å². The van der Waals surface area contributed by atoms with E-state index in [9.17, 15) is 4.79 Å². The molecule has 2 atom stereocenters. The van der Waals surface area contributed by atoms with E-state index >= 15 is 0 Å². The van der Waals surface area contributed by atoms with Crippen LogP contribution in [0.4, 0.5) is 0 Å². The molecule has 1 aromatic carbocycles. The highest BCUT2D eigenvalue weighted by Gasteiger charge is 2.29. The molecule has 2 unspecified atom stereocenters. The minimum Gasteiger partial charge on any atom is -0.481 e. The maximum atomic E-state index is 10.8. The van der Waals surface area contributed by atoms with Gasteiger partial charge in [-0.3, -0.25) is 9.69 Å². The van der Waals surface area contributed by atoms with Gasteiger partial charge in [0.05, 0.1) is 0 Å². The van der Waals surface area contributed by atoms with Crippen LogP contribution in [0, 0.1) is 5.92 Å². The van der Waals surface area contributed by atoms with Crippen LogP contribution in [0.1, 0.15) is 37.8 Å². The lowest BCUT2D eigenvalue weighted by Crippen LogP contribution is -2.26. The number of hydrogen-bond acceptors (Lipinski definition) is 2. The Morgan fingerprint density at radius 1 is 1.58 bits per heavy atom. The van der Waals surface area contributed by atoms with Crippen LogP contribution in [0.25, 0.3) is 0 Å². The van der Waals surface area contributed by atoms with Gasteiger partial charge in [-0.25, -0.2) is 0 Å². The summed E-state index contributed by atoms with van der Waals surface area (Å²) in [5.41, 5.74) is 1.31. The third-order valence-corrected chi connectivity index (χ3v) is 4.33. The lowest BCUT2D eigenvalue weighted by atomic mass is 10.0. The van der Waals surface area contributed by atoms with Gasteiger partial charge in [-0.05, 0) is 43.0 Å². The van der Waals surface area contributed by atoms with Crippen LogP contribution >= 0.6 is 15.9 Å². The van der Waals surface area contributed by atoms with Crippen molar-refractivity contribution >= 4 is 21.9 Å². The number of nitrogens with zero attached hydrogens (tertiary/aromatic N) is 1. The predicted octanol–water partition coefficient (Wildman–Crippen LogP) is 3.70. The molecule has 1 aromatic rings. The highest BCUT2D eigenvalue weighted by molar-refractivity contribution is 9.10. The van der Waals surface area contributed by atoms with E-state index in [1.54, 1.807) is 0 Å². The third-order valence-electron chi connectivity index (χ3n) is 3.84. The summed E-state index contributed by atoms with van der Waals surface area (Å²) in [6.07, 6.45) is 2.35. The fourth-order valence-corrected chi connectivity index (χ4v) is 3.39. The van der Waals surface area contributed by atoms with E-state index in [0.717, 1.165) is 30.4 Å². The minimum atomic E-state index is -0.678. The molecule has 3 nitrogen and oxygen atoms in total. The fourth-order valence-electron chi connectivity index (χ4n) is 2.98. The molecule has 2 rings (SSSR count). The largest absolute Gasteiger partial charge is 0.481 e. The molecule has 1 N–H and O–H groups in total. The van der Waals surface area contributed by atoms with E-state index in [4.69, 9.17) is 5.11 Å². The molecule has 0 spiro atoms. The van der Waals surface area contributed by atoms with Crippen LogP contribution in [-0.4, -0.2) is 29.1 Å². The summed E-state index contributed by atoms with van der Waals surface area (Å²) in [4.78, 5) is 13.2. The van der Waals surface area contributed by atoms with Crippen molar-refractivity contribution in [1.82, 2.24) is 4.90 Å². The summed E-state index contributed by atoms with van der Waals surface area (Å²) >= 11 is 3.52. The van der Waals surface area contributed by atoms with Crippen LogP contribution in [-0.2, 0) is 4.79 Å². The molecule has 0 aromatic heterocycles. The number of aliphatic carboxylic acids is 1. The number of halogens is 1. The SMILES string of the molecule is CCC(c1cccc(Br)c1)N1CCC(CC(=O)O)C1. The lowest BCUT2D eigenvalue weighted by Gasteiger charge is -2.27. The van der Waals surface area contributed by atoms with E-state index < -0.39 is 5.97 Å². The van der Waals surface area contributed by atoms with Crippen LogP contribution in [0.15, 0.2) is 28.7 Å². The molecule has 1 fully saturated rings. The number of likely N-dealkylation sites (tertiary alicyclic amines) is 1. The molecule has 104 valence electrons. The summed E-state index contributed by atoms with van der Waals surface area (Å²) in [5, 5.41) is 8.88. The van der Waals surface area contributed by atoms with Crippen molar-refractivity contribution in [2.75, 3.05) is 13.1 Å². The molecule has 0 saturated carbocycles. The van der Waals surface area contributed by atoms with Crippen LogP contribution in [0.2, 0.25) is 0 Å². The Labute approximate surface area is 122 Å². The van der Waals surface area contributed by atoms with Gasteiger partial charge in [-0.2, -0.15) is 0 Å². The van der Waals surface area contributed by atoms with Gasteiger partial charge < -0.3 is 5.11 Å². The van der Waals surface area contributed by atoms with E-state index in [-0.39, 0.29) is 0 Å². The zero-order valence-electron chi connectivity index (χ0n) is 11.2. The second-order valence-corrected chi connectivity index (χ2v) is 6.14. The number of carbonyl (C=O) groups is 1. The number of hydrogen-bond donors (Lipinski definition) is 1. The molecule has 0 amide bonds. The molecule has 0 bridgehead atoms. The number of carboxylic acids is 1. The van der Waals surface area contributed by atoms with E-state index in [0.29, 0.717) is 18.4 Å². The molecule has 1 saturated heterocycles. The molecule has 1 aliphatic rings. The number of benzene rings is 1. The van der Waals surface area contributed by atoms with Crippen LogP contribution in [0.3, 0.4) is 0 Å². The Morgan fingerprint density at radius 2 is 2.37 bits per heavy atom. The molecule has 19 heavy (non-hydrogen) atoms. The van der Waals surface area contributed by atoms with Gasteiger partial charge >= 0.3 is 5.97 Å². The van der Waals surface area contributed by atoms with Gasteiger partial charge in [-0.15, -0.1) is 0 Å². The first kappa shape index (κ1) is 14.5. The zero-order chi connectivity index (χ0) is 13.8. The molecule has 0 radical (unpaired) electrons. The van der Waals surface area contributed by atoms with Gasteiger partial charge in [0, 0.05) is 23.5 Å². The summed E-state index contributed by atoms with van der Waals surface area (Å²) in [5.74, 6) is -0.374. The summed E-state index contributed by atoms with van der Waals surface area (Å²) in [7, 11) is 0. The Morgan fingerprint density at radius 3 is 3.00 bits per heavy atom. The predicted molar refractivity (Wildman–Crippen MR) is 79.1 cm³/mol. The van der Waals surface area contributed by atoms with Crippen LogP contribution in [0.5, 0.6) is 0 Å².